The van der Waals surface area contributed by atoms with E-state index in [-0.39, 0.29) is 36.8 Å². The number of aromatic nitrogens is 1. The Hall–Kier alpha value is -0.550. The van der Waals surface area contributed by atoms with E-state index in [2.05, 4.69) is 10.3 Å². The van der Waals surface area contributed by atoms with Gasteiger partial charge in [-0.2, -0.15) is 0 Å². The number of amides is 1. The molecule has 0 radical (unpaired) electrons. The molecule has 3 N–H and O–H groups in total. The van der Waals surface area contributed by atoms with E-state index < -0.39 is 0 Å². The summed E-state index contributed by atoms with van der Waals surface area (Å²) in [5, 5.41) is 3.20. The van der Waals surface area contributed by atoms with Crippen LogP contribution in [0.1, 0.15) is 17.4 Å². The quantitative estimate of drug-likeness (QED) is 0.888. The molecule has 0 aliphatic rings. The number of nitrogens with zero attached hydrogens (tertiary/aromatic N) is 1. The molecular weight excluding hydrogens is 272 g/mol. The molecule has 92 valence electrons. The van der Waals surface area contributed by atoms with Crippen molar-refractivity contribution in [1.82, 2.24) is 10.3 Å². The van der Waals surface area contributed by atoms with Crippen LogP contribution in [0.4, 0.5) is 0 Å². The predicted octanol–water partition coefficient (Wildman–Crippen LogP) is 1.66. The number of hydrogen-bond acceptors (Lipinski definition) is 3. The predicted molar refractivity (Wildman–Crippen MR) is 69.7 cm³/mol. The first-order valence-corrected chi connectivity index (χ1v) is 4.63. The summed E-state index contributed by atoms with van der Waals surface area (Å²) in [6.45, 7) is 2.23. The maximum atomic E-state index is 11.5. The summed E-state index contributed by atoms with van der Waals surface area (Å²) < 4.78 is 0. The van der Waals surface area contributed by atoms with Crippen molar-refractivity contribution in [2.75, 3.05) is 6.54 Å². The van der Waals surface area contributed by atoms with Crippen LogP contribution in [0.5, 0.6) is 0 Å². The molecule has 0 fully saturated rings. The minimum atomic E-state index is -0.236. The first-order chi connectivity index (χ1) is 6.63. The standard InChI is InChI=1S/C9H12ClN3O.2ClH/c1-6(4-11)13-9(14)8-3-2-7(10)5-12-8;;/h2-3,5-6H,4,11H2,1H3,(H,13,14);2*1H/t6-;;/m1../s1. The first-order valence-electron chi connectivity index (χ1n) is 4.26. The van der Waals surface area contributed by atoms with E-state index in [9.17, 15) is 4.79 Å². The average Bonchev–Trinajstić information content (AvgIpc) is 2.18. The van der Waals surface area contributed by atoms with Gasteiger partial charge in [-0.15, -0.1) is 24.8 Å². The normalized spacial score (nSPS) is 10.7. The fraction of sp³-hybridized carbons (Fsp3) is 0.333. The Morgan fingerprint density at radius 2 is 2.19 bits per heavy atom. The molecule has 0 aromatic carbocycles. The molecule has 1 aromatic rings. The molecule has 0 aliphatic heterocycles. The number of halogens is 3. The van der Waals surface area contributed by atoms with Crippen LogP contribution >= 0.6 is 36.4 Å². The maximum Gasteiger partial charge on any atom is 0.270 e. The molecular formula is C9H14Cl3N3O. The molecule has 16 heavy (non-hydrogen) atoms. The van der Waals surface area contributed by atoms with Crippen molar-refractivity contribution in [3.63, 3.8) is 0 Å². The number of nitrogens with two attached hydrogens (primary N) is 1. The largest absolute Gasteiger partial charge is 0.347 e. The lowest BCUT2D eigenvalue weighted by Crippen LogP contribution is -2.38. The van der Waals surface area contributed by atoms with Crippen molar-refractivity contribution >= 4 is 42.3 Å². The zero-order chi connectivity index (χ0) is 10.6. The van der Waals surface area contributed by atoms with Crippen LogP contribution in [0, 0.1) is 0 Å². The highest BCUT2D eigenvalue weighted by Gasteiger charge is 2.08. The summed E-state index contributed by atoms with van der Waals surface area (Å²) in [5.74, 6) is -0.236. The third-order valence-electron chi connectivity index (χ3n) is 1.69. The Bertz CT molecular complexity index is 318. The Kier molecular flexibility index (Phi) is 9.57. The molecule has 1 rings (SSSR count). The summed E-state index contributed by atoms with van der Waals surface area (Å²) in [6.07, 6.45) is 1.43. The highest BCUT2D eigenvalue weighted by molar-refractivity contribution is 6.30. The van der Waals surface area contributed by atoms with E-state index >= 15 is 0 Å². The van der Waals surface area contributed by atoms with Gasteiger partial charge in [0.2, 0.25) is 0 Å². The summed E-state index contributed by atoms with van der Waals surface area (Å²) in [5.41, 5.74) is 5.71. The topological polar surface area (TPSA) is 68.0 Å². The minimum absolute atomic E-state index is 0. The van der Waals surface area contributed by atoms with Gasteiger partial charge in [0.15, 0.2) is 0 Å². The van der Waals surface area contributed by atoms with Gasteiger partial charge in [-0.25, -0.2) is 4.98 Å². The monoisotopic (exact) mass is 285 g/mol. The zero-order valence-electron chi connectivity index (χ0n) is 8.64. The van der Waals surface area contributed by atoms with Crippen molar-refractivity contribution < 1.29 is 4.79 Å². The highest BCUT2D eigenvalue weighted by atomic mass is 35.5. The number of nitrogens with one attached hydrogen (secondary N) is 1. The van der Waals surface area contributed by atoms with Gasteiger partial charge in [-0.3, -0.25) is 4.79 Å². The number of carbonyl (C=O) groups excluding carboxylic acids is 1. The Labute approximate surface area is 112 Å². The second-order valence-corrected chi connectivity index (χ2v) is 3.41. The summed E-state index contributed by atoms with van der Waals surface area (Å²) in [6, 6.07) is 3.14. The number of carbonyl (C=O) groups is 1. The molecule has 0 aliphatic carbocycles. The van der Waals surface area contributed by atoms with Gasteiger partial charge < -0.3 is 11.1 Å². The van der Waals surface area contributed by atoms with E-state index in [1.54, 1.807) is 12.1 Å². The SMILES string of the molecule is C[C@H](CN)NC(=O)c1ccc(Cl)cn1.Cl.Cl. The Morgan fingerprint density at radius 1 is 1.56 bits per heavy atom. The molecule has 0 saturated heterocycles. The van der Waals surface area contributed by atoms with Crippen molar-refractivity contribution in [1.29, 1.82) is 0 Å². The van der Waals surface area contributed by atoms with Gasteiger partial charge in [-0.1, -0.05) is 11.6 Å². The van der Waals surface area contributed by atoms with Gasteiger partial charge in [-0.05, 0) is 19.1 Å². The molecule has 0 unspecified atom stereocenters. The van der Waals surface area contributed by atoms with Crippen LogP contribution in [0.2, 0.25) is 5.02 Å². The van der Waals surface area contributed by atoms with Crippen LogP contribution in [0.15, 0.2) is 18.3 Å². The fourth-order valence-electron chi connectivity index (χ4n) is 0.867. The first kappa shape index (κ1) is 17.8. The Balaban J connectivity index is 0. The van der Waals surface area contributed by atoms with E-state index in [4.69, 9.17) is 17.3 Å². The lowest BCUT2D eigenvalue weighted by Gasteiger charge is -2.10. The zero-order valence-corrected chi connectivity index (χ0v) is 11.0. The second-order valence-electron chi connectivity index (χ2n) is 2.97. The average molecular weight is 287 g/mol. The van der Waals surface area contributed by atoms with Gasteiger partial charge in [0, 0.05) is 18.8 Å². The van der Waals surface area contributed by atoms with E-state index in [1.807, 2.05) is 6.92 Å². The van der Waals surface area contributed by atoms with Crippen molar-refractivity contribution in [3.05, 3.63) is 29.0 Å². The van der Waals surface area contributed by atoms with Crippen molar-refractivity contribution in [3.8, 4) is 0 Å². The van der Waals surface area contributed by atoms with E-state index in [1.165, 1.54) is 6.20 Å². The third-order valence-corrected chi connectivity index (χ3v) is 1.91. The van der Waals surface area contributed by atoms with Crippen LogP contribution in [0.3, 0.4) is 0 Å². The van der Waals surface area contributed by atoms with Gasteiger partial charge in [0.1, 0.15) is 5.69 Å². The fourth-order valence-corrected chi connectivity index (χ4v) is 0.979. The lowest BCUT2D eigenvalue weighted by atomic mass is 10.3. The van der Waals surface area contributed by atoms with Crippen LogP contribution < -0.4 is 11.1 Å². The van der Waals surface area contributed by atoms with Crippen molar-refractivity contribution in [2.24, 2.45) is 5.73 Å². The van der Waals surface area contributed by atoms with E-state index in [0.717, 1.165) is 0 Å². The molecule has 7 heteroatoms. The lowest BCUT2D eigenvalue weighted by molar-refractivity contribution is 0.0936. The molecule has 1 atom stereocenters. The summed E-state index contributed by atoms with van der Waals surface area (Å²) >= 11 is 5.64. The van der Waals surface area contributed by atoms with Gasteiger partial charge in [0.05, 0.1) is 5.02 Å². The number of rotatable bonds is 3. The van der Waals surface area contributed by atoms with Crippen LogP contribution in [0.25, 0.3) is 0 Å². The van der Waals surface area contributed by atoms with Crippen LogP contribution in [-0.4, -0.2) is 23.5 Å². The molecule has 4 nitrogen and oxygen atoms in total. The molecule has 1 aromatic heterocycles. The highest BCUT2D eigenvalue weighted by Crippen LogP contribution is 2.05. The number of hydrogen-bond donors (Lipinski definition) is 2. The van der Waals surface area contributed by atoms with Crippen molar-refractivity contribution in [2.45, 2.75) is 13.0 Å². The van der Waals surface area contributed by atoms with Gasteiger partial charge >= 0.3 is 0 Å². The summed E-state index contributed by atoms with van der Waals surface area (Å²) in [7, 11) is 0. The molecule has 0 spiro atoms. The van der Waals surface area contributed by atoms with Gasteiger partial charge in [0.25, 0.3) is 5.91 Å². The molecule has 0 bridgehead atoms. The second kappa shape index (κ2) is 8.58. The minimum Gasteiger partial charge on any atom is -0.347 e. The smallest absolute Gasteiger partial charge is 0.270 e. The third kappa shape index (κ3) is 5.51. The molecule has 0 saturated carbocycles. The maximum absolute atomic E-state index is 11.5. The molecule has 1 amide bonds. The van der Waals surface area contributed by atoms with E-state index in [0.29, 0.717) is 17.3 Å². The number of pyridine rings is 1. The van der Waals surface area contributed by atoms with Crippen LogP contribution in [-0.2, 0) is 0 Å². The summed E-state index contributed by atoms with van der Waals surface area (Å²) in [4.78, 5) is 15.3. The molecule has 1 heterocycles. The Morgan fingerprint density at radius 3 is 2.62 bits per heavy atom.